The lowest BCUT2D eigenvalue weighted by atomic mass is 9.99. The van der Waals surface area contributed by atoms with Crippen molar-refractivity contribution in [1.82, 2.24) is 0 Å². The Hall–Kier alpha value is -2.40. The Labute approximate surface area is 160 Å². The van der Waals surface area contributed by atoms with Crippen molar-refractivity contribution in [3.05, 3.63) is 95.6 Å². The number of rotatable bonds is 5. The highest BCUT2D eigenvalue weighted by atomic mass is 31.2. The summed E-state index contributed by atoms with van der Waals surface area (Å²) in [7, 11) is -4.67. The molecule has 28 heavy (non-hydrogen) atoms. The summed E-state index contributed by atoms with van der Waals surface area (Å²) in [6.45, 7) is 0. The predicted molar refractivity (Wildman–Crippen MR) is 102 cm³/mol. The number of benzene rings is 3. The van der Waals surface area contributed by atoms with Crippen molar-refractivity contribution < 1.29 is 27.5 Å². The lowest BCUT2D eigenvalue weighted by molar-refractivity contribution is -0.137. The molecule has 0 amide bonds. The first-order chi connectivity index (χ1) is 13.1. The number of halogens is 3. The van der Waals surface area contributed by atoms with Gasteiger partial charge in [0.1, 0.15) is 0 Å². The fraction of sp³-hybridized carbons (Fsp3) is 0.143. The number of hydrogen-bond acceptors (Lipinski definition) is 1. The first kappa shape index (κ1) is 20.3. The standard InChI is InChI=1S/C21H18F3O3P/c22-21(23,24)19-8-4-7-18(14-19)20(28(25,26)27)13-15-9-11-17(12-10-15)16-5-2-1-3-6-16/h1-12,14,20H,13H2,(H2,25,26,27). The van der Waals surface area contributed by atoms with E-state index in [1.165, 1.54) is 12.1 Å². The second kappa shape index (κ2) is 7.92. The van der Waals surface area contributed by atoms with Crippen LogP contribution in [0.15, 0.2) is 78.9 Å². The third-order valence-electron chi connectivity index (χ3n) is 4.49. The molecule has 3 aromatic carbocycles. The van der Waals surface area contributed by atoms with Crippen LogP contribution < -0.4 is 0 Å². The van der Waals surface area contributed by atoms with Crippen molar-refractivity contribution >= 4 is 7.60 Å². The monoisotopic (exact) mass is 406 g/mol. The van der Waals surface area contributed by atoms with E-state index in [2.05, 4.69) is 0 Å². The Morgan fingerprint density at radius 3 is 2.00 bits per heavy atom. The van der Waals surface area contributed by atoms with Gasteiger partial charge in [-0.15, -0.1) is 0 Å². The van der Waals surface area contributed by atoms with Gasteiger partial charge in [0.25, 0.3) is 0 Å². The number of alkyl halides is 3. The zero-order chi connectivity index (χ0) is 20.4. The van der Waals surface area contributed by atoms with Gasteiger partial charge in [-0.25, -0.2) is 0 Å². The minimum atomic E-state index is -4.67. The average molecular weight is 406 g/mol. The van der Waals surface area contributed by atoms with Crippen LogP contribution in [0, 0.1) is 0 Å². The third kappa shape index (κ3) is 4.90. The van der Waals surface area contributed by atoms with Crippen LogP contribution in [0.2, 0.25) is 0 Å². The molecule has 0 aliphatic carbocycles. The van der Waals surface area contributed by atoms with Gasteiger partial charge in [0.05, 0.1) is 11.2 Å². The SMILES string of the molecule is O=P(O)(O)C(Cc1ccc(-c2ccccc2)cc1)c1cccc(C(F)(F)F)c1. The van der Waals surface area contributed by atoms with E-state index in [1.54, 1.807) is 12.1 Å². The van der Waals surface area contributed by atoms with Gasteiger partial charge in [-0.05, 0) is 34.7 Å². The highest BCUT2D eigenvalue weighted by Crippen LogP contribution is 2.53. The van der Waals surface area contributed by atoms with Crippen LogP contribution in [0.3, 0.4) is 0 Å². The largest absolute Gasteiger partial charge is 0.416 e. The van der Waals surface area contributed by atoms with Gasteiger partial charge in [0, 0.05) is 0 Å². The van der Waals surface area contributed by atoms with Crippen molar-refractivity contribution in [1.29, 1.82) is 0 Å². The van der Waals surface area contributed by atoms with Gasteiger partial charge in [-0.2, -0.15) is 13.2 Å². The van der Waals surface area contributed by atoms with Gasteiger partial charge in [-0.3, -0.25) is 4.57 Å². The lowest BCUT2D eigenvalue weighted by Gasteiger charge is -2.20. The minimum Gasteiger partial charge on any atom is -0.324 e. The quantitative estimate of drug-likeness (QED) is 0.524. The smallest absolute Gasteiger partial charge is 0.324 e. The summed E-state index contributed by atoms with van der Waals surface area (Å²) in [5.74, 6) is 0. The van der Waals surface area contributed by atoms with E-state index in [1.807, 2.05) is 42.5 Å². The first-order valence-electron chi connectivity index (χ1n) is 8.51. The average Bonchev–Trinajstić information content (AvgIpc) is 2.66. The van der Waals surface area contributed by atoms with Crippen LogP contribution in [0.1, 0.15) is 22.3 Å². The molecule has 146 valence electrons. The van der Waals surface area contributed by atoms with E-state index in [4.69, 9.17) is 0 Å². The van der Waals surface area contributed by atoms with Crippen LogP contribution in [0.4, 0.5) is 13.2 Å². The van der Waals surface area contributed by atoms with E-state index < -0.39 is 25.0 Å². The van der Waals surface area contributed by atoms with Gasteiger partial charge in [-0.1, -0.05) is 72.8 Å². The fourth-order valence-corrected chi connectivity index (χ4v) is 4.04. The normalized spacial score (nSPS) is 13.3. The van der Waals surface area contributed by atoms with Gasteiger partial charge < -0.3 is 9.79 Å². The Bertz CT molecular complexity index is 980. The van der Waals surface area contributed by atoms with Crippen molar-refractivity contribution in [2.45, 2.75) is 18.3 Å². The molecule has 0 aliphatic rings. The molecule has 3 aromatic rings. The molecule has 1 atom stereocenters. The maximum atomic E-state index is 13.0. The third-order valence-corrected chi connectivity index (χ3v) is 5.79. The molecule has 0 spiro atoms. The second-order valence-corrected chi connectivity index (χ2v) is 8.30. The van der Waals surface area contributed by atoms with Crippen LogP contribution in [-0.2, 0) is 17.2 Å². The van der Waals surface area contributed by atoms with Crippen molar-refractivity contribution in [2.24, 2.45) is 0 Å². The summed E-state index contributed by atoms with van der Waals surface area (Å²) >= 11 is 0. The molecule has 0 radical (unpaired) electrons. The molecule has 0 fully saturated rings. The van der Waals surface area contributed by atoms with E-state index in [0.29, 0.717) is 5.56 Å². The van der Waals surface area contributed by atoms with Crippen molar-refractivity contribution in [2.75, 3.05) is 0 Å². The lowest BCUT2D eigenvalue weighted by Crippen LogP contribution is -2.09. The van der Waals surface area contributed by atoms with Crippen molar-refractivity contribution in [3.63, 3.8) is 0 Å². The predicted octanol–water partition coefficient (Wildman–Crippen LogP) is 5.83. The van der Waals surface area contributed by atoms with Crippen LogP contribution in [0.25, 0.3) is 11.1 Å². The zero-order valence-corrected chi connectivity index (χ0v) is 15.6. The fourth-order valence-electron chi connectivity index (χ4n) is 3.04. The summed E-state index contributed by atoms with van der Waals surface area (Å²) in [5, 5.41) is 0. The highest BCUT2D eigenvalue weighted by Gasteiger charge is 2.34. The first-order valence-corrected chi connectivity index (χ1v) is 10.2. The van der Waals surface area contributed by atoms with E-state index in [0.717, 1.165) is 23.3 Å². The molecule has 2 N–H and O–H groups in total. The molecule has 1 unspecified atom stereocenters. The molecule has 3 nitrogen and oxygen atoms in total. The zero-order valence-electron chi connectivity index (χ0n) is 14.7. The highest BCUT2D eigenvalue weighted by molar-refractivity contribution is 7.52. The van der Waals surface area contributed by atoms with E-state index in [-0.39, 0.29) is 12.0 Å². The molecule has 7 heteroatoms. The van der Waals surface area contributed by atoms with Crippen LogP contribution in [0.5, 0.6) is 0 Å². The maximum Gasteiger partial charge on any atom is 0.416 e. The molecule has 0 saturated heterocycles. The van der Waals surface area contributed by atoms with Gasteiger partial charge in [0.15, 0.2) is 0 Å². The molecule has 0 heterocycles. The van der Waals surface area contributed by atoms with E-state index in [9.17, 15) is 27.5 Å². The molecule has 3 rings (SSSR count). The summed E-state index contributed by atoms with van der Waals surface area (Å²) in [5.41, 5.74) is 0.260. The number of hydrogen-bond donors (Lipinski definition) is 2. The van der Waals surface area contributed by atoms with Crippen LogP contribution >= 0.6 is 7.60 Å². The Balaban J connectivity index is 1.89. The van der Waals surface area contributed by atoms with Crippen LogP contribution in [-0.4, -0.2) is 9.79 Å². The van der Waals surface area contributed by atoms with Gasteiger partial charge in [0.2, 0.25) is 0 Å². The molecule has 0 aliphatic heterocycles. The Morgan fingerprint density at radius 2 is 1.43 bits per heavy atom. The Kier molecular flexibility index (Phi) is 5.75. The molecular formula is C21H18F3O3P. The maximum absolute atomic E-state index is 13.0. The molecule has 0 saturated carbocycles. The minimum absolute atomic E-state index is 0.0321. The summed E-state index contributed by atoms with van der Waals surface area (Å²) in [6, 6.07) is 20.9. The van der Waals surface area contributed by atoms with Crippen molar-refractivity contribution in [3.8, 4) is 11.1 Å². The summed E-state index contributed by atoms with van der Waals surface area (Å²) in [4.78, 5) is 19.5. The Morgan fingerprint density at radius 1 is 0.821 bits per heavy atom. The summed E-state index contributed by atoms with van der Waals surface area (Å²) < 4.78 is 50.9. The molecular weight excluding hydrogens is 388 g/mol. The van der Waals surface area contributed by atoms with Gasteiger partial charge >= 0.3 is 13.8 Å². The second-order valence-electron chi connectivity index (χ2n) is 6.50. The molecule has 0 aromatic heterocycles. The van der Waals surface area contributed by atoms with E-state index >= 15 is 0 Å². The molecule has 0 bridgehead atoms. The summed E-state index contributed by atoms with van der Waals surface area (Å²) in [6.07, 6.45) is -4.65. The topological polar surface area (TPSA) is 57.5 Å².